The van der Waals surface area contributed by atoms with Crippen molar-refractivity contribution in [2.24, 2.45) is 5.73 Å². The number of nitrogens with zero attached hydrogens (tertiary/aromatic N) is 1. The first-order valence-electron chi connectivity index (χ1n) is 5.75. The van der Waals surface area contributed by atoms with E-state index in [0.717, 1.165) is 20.3 Å². The molecule has 2 aromatic carbocycles. The molecule has 2 rings (SSSR count). The second-order valence-electron chi connectivity index (χ2n) is 4.33. The SMILES string of the molecule is Cc1ccc([N+](=O)[O-])cc1C(N)c1cccc(I)c1. The van der Waals surface area contributed by atoms with E-state index in [1.54, 1.807) is 12.1 Å². The van der Waals surface area contributed by atoms with Crippen LogP contribution in [-0.4, -0.2) is 4.92 Å². The smallest absolute Gasteiger partial charge is 0.269 e. The molecule has 0 saturated carbocycles. The Hall–Kier alpha value is -1.47. The van der Waals surface area contributed by atoms with E-state index in [1.807, 2.05) is 31.2 Å². The maximum Gasteiger partial charge on any atom is 0.269 e. The molecule has 0 fully saturated rings. The van der Waals surface area contributed by atoms with Crippen molar-refractivity contribution in [1.29, 1.82) is 0 Å². The van der Waals surface area contributed by atoms with Crippen molar-refractivity contribution in [2.75, 3.05) is 0 Å². The highest BCUT2D eigenvalue weighted by Crippen LogP contribution is 2.27. The molecule has 0 aliphatic carbocycles. The maximum atomic E-state index is 10.8. The fourth-order valence-corrected chi connectivity index (χ4v) is 2.52. The standard InChI is InChI=1S/C14H13IN2O2/c1-9-5-6-12(17(18)19)8-13(9)14(16)10-3-2-4-11(15)7-10/h2-8,14H,16H2,1H3. The number of aryl methyl sites for hydroxylation is 1. The molecule has 1 unspecified atom stereocenters. The number of rotatable bonds is 3. The fraction of sp³-hybridized carbons (Fsp3) is 0.143. The van der Waals surface area contributed by atoms with Gasteiger partial charge in [-0.05, 0) is 58.3 Å². The third-order valence-corrected chi connectivity index (χ3v) is 3.69. The van der Waals surface area contributed by atoms with Gasteiger partial charge in [-0.1, -0.05) is 18.2 Å². The molecular weight excluding hydrogens is 355 g/mol. The van der Waals surface area contributed by atoms with Gasteiger partial charge in [0.05, 0.1) is 11.0 Å². The van der Waals surface area contributed by atoms with Crippen LogP contribution in [0.25, 0.3) is 0 Å². The van der Waals surface area contributed by atoms with E-state index in [9.17, 15) is 10.1 Å². The molecule has 2 N–H and O–H groups in total. The summed E-state index contributed by atoms with van der Waals surface area (Å²) in [4.78, 5) is 10.4. The lowest BCUT2D eigenvalue weighted by Gasteiger charge is -2.15. The van der Waals surface area contributed by atoms with Gasteiger partial charge in [-0.2, -0.15) is 0 Å². The lowest BCUT2D eigenvalue weighted by atomic mass is 9.95. The van der Waals surface area contributed by atoms with E-state index in [-0.39, 0.29) is 11.7 Å². The third kappa shape index (κ3) is 3.10. The highest BCUT2D eigenvalue weighted by atomic mass is 127. The first-order valence-corrected chi connectivity index (χ1v) is 6.83. The van der Waals surface area contributed by atoms with Crippen LogP contribution < -0.4 is 5.73 Å². The molecule has 98 valence electrons. The van der Waals surface area contributed by atoms with E-state index >= 15 is 0 Å². The molecule has 0 bridgehead atoms. The van der Waals surface area contributed by atoms with E-state index < -0.39 is 4.92 Å². The van der Waals surface area contributed by atoms with Gasteiger partial charge in [-0.15, -0.1) is 0 Å². The van der Waals surface area contributed by atoms with Crippen LogP contribution in [0.1, 0.15) is 22.7 Å². The third-order valence-electron chi connectivity index (χ3n) is 3.02. The predicted molar refractivity (Wildman–Crippen MR) is 83.0 cm³/mol. The van der Waals surface area contributed by atoms with Crippen LogP contribution in [-0.2, 0) is 0 Å². The maximum absolute atomic E-state index is 10.8. The molecule has 0 aromatic heterocycles. The Morgan fingerprint density at radius 1 is 1.26 bits per heavy atom. The number of nitro benzene ring substituents is 1. The van der Waals surface area contributed by atoms with Crippen LogP contribution >= 0.6 is 22.6 Å². The average Bonchev–Trinajstić information content (AvgIpc) is 2.38. The van der Waals surface area contributed by atoms with Gasteiger partial charge in [-0.3, -0.25) is 10.1 Å². The zero-order valence-electron chi connectivity index (χ0n) is 10.3. The van der Waals surface area contributed by atoms with Crippen molar-refractivity contribution in [3.8, 4) is 0 Å². The minimum absolute atomic E-state index is 0.0710. The molecule has 0 spiro atoms. The Bertz CT molecular complexity index is 629. The minimum atomic E-state index is -0.398. The first kappa shape index (κ1) is 14.0. The van der Waals surface area contributed by atoms with Gasteiger partial charge >= 0.3 is 0 Å². The Labute approximate surface area is 124 Å². The Morgan fingerprint density at radius 2 is 2.00 bits per heavy atom. The van der Waals surface area contributed by atoms with Gasteiger partial charge in [0.25, 0.3) is 5.69 Å². The topological polar surface area (TPSA) is 69.2 Å². The largest absolute Gasteiger partial charge is 0.320 e. The number of hydrogen-bond acceptors (Lipinski definition) is 3. The Kier molecular flexibility index (Phi) is 4.16. The van der Waals surface area contributed by atoms with Crippen molar-refractivity contribution >= 4 is 28.3 Å². The molecular formula is C14H13IN2O2. The Balaban J connectivity index is 2.46. The first-order chi connectivity index (χ1) is 8.99. The van der Waals surface area contributed by atoms with E-state index in [1.165, 1.54) is 6.07 Å². The molecule has 0 saturated heterocycles. The van der Waals surface area contributed by atoms with E-state index in [0.29, 0.717) is 0 Å². The number of halogens is 1. The number of benzene rings is 2. The van der Waals surface area contributed by atoms with Crippen LogP contribution in [0.15, 0.2) is 42.5 Å². The van der Waals surface area contributed by atoms with Crippen LogP contribution in [0.4, 0.5) is 5.69 Å². The molecule has 5 heteroatoms. The number of nitrogens with two attached hydrogens (primary N) is 1. The summed E-state index contributed by atoms with van der Waals surface area (Å²) < 4.78 is 1.09. The quantitative estimate of drug-likeness (QED) is 0.512. The van der Waals surface area contributed by atoms with Crippen LogP contribution in [0.2, 0.25) is 0 Å². The molecule has 0 radical (unpaired) electrons. The summed E-state index contributed by atoms with van der Waals surface area (Å²) >= 11 is 2.22. The van der Waals surface area contributed by atoms with Crippen LogP contribution in [0.5, 0.6) is 0 Å². The average molecular weight is 368 g/mol. The second kappa shape index (κ2) is 5.66. The van der Waals surface area contributed by atoms with E-state index in [2.05, 4.69) is 22.6 Å². The summed E-state index contributed by atoms with van der Waals surface area (Å²) in [6.45, 7) is 1.91. The Morgan fingerprint density at radius 3 is 2.63 bits per heavy atom. The summed E-state index contributed by atoms with van der Waals surface area (Å²) in [6.07, 6.45) is 0. The van der Waals surface area contributed by atoms with Gasteiger partial charge < -0.3 is 5.73 Å². The highest BCUT2D eigenvalue weighted by molar-refractivity contribution is 14.1. The molecule has 4 nitrogen and oxygen atoms in total. The number of non-ortho nitro benzene ring substituents is 1. The summed E-state index contributed by atoms with van der Waals surface area (Å²) in [5.41, 5.74) is 9.00. The molecule has 19 heavy (non-hydrogen) atoms. The monoisotopic (exact) mass is 368 g/mol. The van der Waals surface area contributed by atoms with Gasteiger partial charge in [0.2, 0.25) is 0 Å². The minimum Gasteiger partial charge on any atom is -0.320 e. The van der Waals surface area contributed by atoms with Crippen molar-refractivity contribution in [1.82, 2.24) is 0 Å². The van der Waals surface area contributed by atoms with Gasteiger partial charge in [0.15, 0.2) is 0 Å². The zero-order valence-corrected chi connectivity index (χ0v) is 12.5. The van der Waals surface area contributed by atoms with Crippen LogP contribution in [0.3, 0.4) is 0 Å². The highest BCUT2D eigenvalue weighted by Gasteiger charge is 2.15. The second-order valence-corrected chi connectivity index (χ2v) is 5.58. The van der Waals surface area contributed by atoms with E-state index in [4.69, 9.17) is 5.73 Å². The summed E-state index contributed by atoms with van der Waals surface area (Å²) in [6, 6.07) is 12.3. The van der Waals surface area contributed by atoms with Crippen molar-refractivity contribution in [2.45, 2.75) is 13.0 Å². The van der Waals surface area contributed by atoms with Gasteiger partial charge in [0, 0.05) is 15.7 Å². The fourth-order valence-electron chi connectivity index (χ4n) is 1.96. The molecule has 2 aromatic rings. The molecule has 0 aliphatic rings. The normalized spacial score (nSPS) is 12.2. The van der Waals surface area contributed by atoms with Gasteiger partial charge in [-0.25, -0.2) is 0 Å². The number of nitro groups is 1. The van der Waals surface area contributed by atoms with Crippen LogP contribution in [0, 0.1) is 20.6 Å². The van der Waals surface area contributed by atoms with Gasteiger partial charge in [0.1, 0.15) is 0 Å². The molecule has 0 heterocycles. The zero-order chi connectivity index (χ0) is 14.0. The summed E-state index contributed by atoms with van der Waals surface area (Å²) in [5, 5.41) is 10.8. The summed E-state index contributed by atoms with van der Waals surface area (Å²) in [5.74, 6) is 0. The lowest BCUT2D eigenvalue weighted by Crippen LogP contribution is -2.13. The molecule has 1 atom stereocenters. The summed E-state index contributed by atoms with van der Waals surface area (Å²) in [7, 11) is 0. The molecule has 0 aliphatic heterocycles. The van der Waals surface area contributed by atoms with Crippen molar-refractivity contribution < 1.29 is 4.92 Å². The predicted octanol–water partition coefficient (Wildman–Crippen LogP) is 3.56. The number of hydrogen-bond donors (Lipinski definition) is 1. The lowest BCUT2D eigenvalue weighted by molar-refractivity contribution is -0.384. The molecule has 0 amide bonds. The van der Waals surface area contributed by atoms with Crippen molar-refractivity contribution in [3.63, 3.8) is 0 Å². The van der Waals surface area contributed by atoms with Crippen molar-refractivity contribution in [3.05, 3.63) is 72.8 Å².